The molecule has 2 heterocycles. The van der Waals surface area contributed by atoms with Crippen LogP contribution >= 0.6 is 11.8 Å². The topological polar surface area (TPSA) is 97.1 Å². The van der Waals surface area contributed by atoms with Gasteiger partial charge in [-0.1, -0.05) is 23.9 Å². The molecule has 1 aromatic heterocycles. The second-order valence-corrected chi connectivity index (χ2v) is 5.99. The zero-order valence-electron chi connectivity index (χ0n) is 12.2. The number of thioether (sulfide) groups is 1. The van der Waals surface area contributed by atoms with Crippen molar-refractivity contribution in [2.45, 2.75) is 11.3 Å². The van der Waals surface area contributed by atoms with E-state index in [9.17, 15) is 9.18 Å². The van der Waals surface area contributed by atoms with Crippen molar-refractivity contribution in [1.29, 1.82) is 0 Å². The molecule has 1 aliphatic heterocycles. The van der Waals surface area contributed by atoms with E-state index in [0.29, 0.717) is 24.9 Å². The number of aromatic amines is 1. The van der Waals surface area contributed by atoms with Gasteiger partial charge in [-0.2, -0.15) is 4.98 Å². The molecule has 2 aromatic rings. The number of hydrogen-bond acceptors (Lipinski definition) is 6. The zero-order valence-corrected chi connectivity index (χ0v) is 13.1. The molecule has 0 spiro atoms. The van der Waals surface area contributed by atoms with Crippen molar-refractivity contribution in [3.8, 4) is 0 Å². The Morgan fingerprint density at radius 1 is 1.48 bits per heavy atom. The summed E-state index contributed by atoms with van der Waals surface area (Å²) in [5.74, 6) is 0.143. The highest BCUT2D eigenvalue weighted by Gasteiger charge is 2.25. The number of hydrogen-bond donors (Lipinski definition) is 2. The van der Waals surface area contributed by atoms with E-state index in [4.69, 9.17) is 10.5 Å². The summed E-state index contributed by atoms with van der Waals surface area (Å²) in [6.07, 6.45) is -0.238. The fourth-order valence-electron chi connectivity index (χ4n) is 2.30. The Balaban J connectivity index is 1.57. The summed E-state index contributed by atoms with van der Waals surface area (Å²) in [4.78, 5) is 18.0. The lowest BCUT2D eigenvalue weighted by molar-refractivity contribution is -0.136. The van der Waals surface area contributed by atoms with Gasteiger partial charge in [-0.05, 0) is 17.7 Å². The molecule has 122 valence electrons. The molecule has 23 heavy (non-hydrogen) atoms. The second-order valence-electron chi connectivity index (χ2n) is 5.04. The Morgan fingerprint density at radius 2 is 2.26 bits per heavy atom. The van der Waals surface area contributed by atoms with Crippen LogP contribution in [0.15, 0.2) is 29.4 Å². The molecule has 3 rings (SSSR count). The van der Waals surface area contributed by atoms with Gasteiger partial charge in [0.2, 0.25) is 17.0 Å². The van der Waals surface area contributed by atoms with Gasteiger partial charge < -0.3 is 15.4 Å². The average Bonchev–Trinajstić information content (AvgIpc) is 2.99. The quantitative estimate of drug-likeness (QED) is 0.814. The molecular weight excluding hydrogens is 321 g/mol. The van der Waals surface area contributed by atoms with Crippen molar-refractivity contribution in [3.63, 3.8) is 0 Å². The monoisotopic (exact) mass is 337 g/mol. The van der Waals surface area contributed by atoms with Crippen molar-refractivity contribution in [3.05, 3.63) is 35.6 Å². The van der Waals surface area contributed by atoms with Gasteiger partial charge in [0.1, 0.15) is 11.9 Å². The number of carbonyl (C=O) groups is 1. The first-order valence-corrected chi connectivity index (χ1v) is 8.06. The van der Waals surface area contributed by atoms with Crippen LogP contribution in [0.2, 0.25) is 0 Å². The van der Waals surface area contributed by atoms with Gasteiger partial charge in [-0.15, -0.1) is 5.10 Å². The molecule has 1 saturated heterocycles. The summed E-state index contributed by atoms with van der Waals surface area (Å²) >= 11 is 1.23. The number of amides is 1. The third-order valence-corrected chi connectivity index (χ3v) is 4.30. The van der Waals surface area contributed by atoms with E-state index in [1.165, 1.54) is 23.9 Å². The van der Waals surface area contributed by atoms with Gasteiger partial charge in [0.15, 0.2) is 0 Å². The summed E-state index contributed by atoms with van der Waals surface area (Å²) in [5.41, 5.74) is 6.30. The number of nitrogens with one attached hydrogen (secondary N) is 1. The highest BCUT2D eigenvalue weighted by molar-refractivity contribution is 7.99. The Kier molecular flexibility index (Phi) is 4.77. The van der Waals surface area contributed by atoms with Gasteiger partial charge in [-0.25, -0.2) is 9.49 Å². The number of aromatic nitrogens is 3. The second kappa shape index (κ2) is 6.97. The van der Waals surface area contributed by atoms with Crippen LogP contribution in [-0.2, 0) is 9.53 Å². The summed E-state index contributed by atoms with van der Waals surface area (Å²) in [6.45, 7) is 1.43. The lowest BCUT2D eigenvalue weighted by Gasteiger charge is -2.33. The number of morpholine rings is 1. The molecular formula is C14H16FN5O2S. The number of halogens is 1. The number of nitrogen functional groups attached to an aromatic ring is 1. The van der Waals surface area contributed by atoms with E-state index in [-0.39, 0.29) is 29.5 Å². The Labute approximate surface area is 136 Å². The Morgan fingerprint density at radius 3 is 2.96 bits per heavy atom. The first kappa shape index (κ1) is 15.8. The van der Waals surface area contributed by atoms with E-state index in [2.05, 4.69) is 15.2 Å². The minimum absolute atomic E-state index is 0.0196. The number of carbonyl (C=O) groups excluding carboxylic acids is 1. The Bertz CT molecular complexity index is 678. The molecule has 1 fully saturated rings. The maximum Gasteiger partial charge on any atom is 0.233 e. The summed E-state index contributed by atoms with van der Waals surface area (Å²) in [6, 6.07) is 6.14. The van der Waals surface area contributed by atoms with Gasteiger partial charge in [0, 0.05) is 6.54 Å². The van der Waals surface area contributed by atoms with Gasteiger partial charge in [-0.3, -0.25) is 4.79 Å². The third kappa shape index (κ3) is 3.99. The number of nitrogens with zero attached hydrogens (tertiary/aromatic N) is 3. The van der Waals surface area contributed by atoms with E-state index in [0.717, 1.165) is 5.56 Å². The molecule has 7 nitrogen and oxygen atoms in total. The molecule has 1 aromatic carbocycles. The van der Waals surface area contributed by atoms with E-state index in [1.54, 1.807) is 17.0 Å². The minimum atomic E-state index is -0.292. The number of benzene rings is 1. The van der Waals surface area contributed by atoms with Crippen LogP contribution in [-0.4, -0.2) is 51.4 Å². The molecule has 1 atom stereocenters. The van der Waals surface area contributed by atoms with Crippen LogP contribution in [0, 0.1) is 5.82 Å². The maximum atomic E-state index is 13.0. The average molecular weight is 337 g/mol. The van der Waals surface area contributed by atoms with Crippen molar-refractivity contribution in [2.24, 2.45) is 0 Å². The molecule has 0 unspecified atom stereocenters. The van der Waals surface area contributed by atoms with Crippen LogP contribution in [0.3, 0.4) is 0 Å². The van der Waals surface area contributed by atoms with Gasteiger partial charge in [0.25, 0.3) is 0 Å². The first-order chi connectivity index (χ1) is 11.1. The fraction of sp³-hybridized carbons (Fsp3) is 0.357. The Hall–Kier alpha value is -2.13. The van der Waals surface area contributed by atoms with Gasteiger partial charge >= 0.3 is 0 Å². The summed E-state index contributed by atoms with van der Waals surface area (Å²) < 4.78 is 18.7. The van der Waals surface area contributed by atoms with Crippen LogP contribution in [0.5, 0.6) is 0 Å². The number of anilines is 1. The van der Waals surface area contributed by atoms with Crippen LogP contribution in [0.25, 0.3) is 0 Å². The summed E-state index contributed by atoms with van der Waals surface area (Å²) in [5, 5.41) is 6.84. The molecule has 1 amide bonds. The largest absolute Gasteiger partial charge is 0.370 e. The van der Waals surface area contributed by atoms with E-state index < -0.39 is 0 Å². The lowest BCUT2D eigenvalue weighted by Crippen LogP contribution is -2.43. The van der Waals surface area contributed by atoms with Crippen LogP contribution in [0.4, 0.5) is 10.3 Å². The van der Waals surface area contributed by atoms with Crippen molar-refractivity contribution in [2.75, 3.05) is 31.2 Å². The van der Waals surface area contributed by atoms with Crippen LogP contribution < -0.4 is 5.73 Å². The number of H-pyrrole nitrogens is 1. The summed E-state index contributed by atoms with van der Waals surface area (Å²) in [7, 11) is 0. The van der Waals surface area contributed by atoms with Crippen molar-refractivity contribution in [1.82, 2.24) is 20.1 Å². The molecule has 0 saturated carbocycles. The maximum absolute atomic E-state index is 13.0. The van der Waals surface area contributed by atoms with Crippen LogP contribution in [0.1, 0.15) is 11.7 Å². The SMILES string of the molecule is Nc1nc(SCC(=O)N2CCO[C@H](c3ccc(F)cc3)C2)n[nH]1. The van der Waals surface area contributed by atoms with E-state index in [1.807, 2.05) is 0 Å². The number of nitrogens with two attached hydrogens (primary N) is 1. The standard InChI is InChI=1S/C14H16FN5O2S/c15-10-3-1-9(2-4-10)11-7-20(5-6-22-11)12(21)8-23-14-17-13(16)18-19-14/h1-4,11H,5-8H2,(H3,16,17,18,19)/t11-/m0/s1. The fourth-order valence-corrected chi connectivity index (χ4v) is 3.00. The molecule has 1 aliphatic rings. The highest BCUT2D eigenvalue weighted by atomic mass is 32.2. The molecule has 0 aliphatic carbocycles. The zero-order chi connectivity index (χ0) is 16.2. The first-order valence-electron chi connectivity index (χ1n) is 7.07. The number of ether oxygens (including phenoxy) is 1. The predicted octanol–water partition coefficient (Wildman–Crippen LogP) is 1.22. The third-order valence-electron chi connectivity index (χ3n) is 3.47. The lowest BCUT2D eigenvalue weighted by atomic mass is 10.1. The normalized spacial score (nSPS) is 18.1. The smallest absolute Gasteiger partial charge is 0.233 e. The van der Waals surface area contributed by atoms with Crippen molar-refractivity contribution < 1.29 is 13.9 Å². The van der Waals surface area contributed by atoms with Crippen molar-refractivity contribution >= 4 is 23.6 Å². The molecule has 0 bridgehead atoms. The molecule has 9 heteroatoms. The molecule has 0 radical (unpaired) electrons. The van der Waals surface area contributed by atoms with E-state index >= 15 is 0 Å². The molecule has 3 N–H and O–H groups in total. The number of rotatable bonds is 4. The highest BCUT2D eigenvalue weighted by Crippen LogP contribution is 2.23. The minimum Gasteiger partial charge on any atom is -0.370 e. The predicted molar refractivity (Wildman–Crippen MR) is 83.2 cm³/mol. The van der Waals surface area contributed by atoms with Gasteiger partial charge in [0.05, 0.1) is 18.9 Å².